The highest BCUT2D eigenvalue weighted by molar-refractivity contribution is 4.69. The van der Waals surface area contributed by atoms with Crippen molar-refractivity contribution in [3.63, 3.8) is 0 Å². The average Bonchev–Trinajstić information content (AvgIpc) is 1.98. The highest BCUT2D eigenvalue weighted by Gasteiger charge is 2.43. The van der Waals surface area contributed by atoms with E-state index in [0.717, 1.165) is 0 Å². The summed E-state index contributed by atoms with van der Waals surface area (Å²) in [4.78, 5) is 0. The first-order chi connectivity index (χ1) is 6.19. The van der Waals surface area contributed by atoms with Gasteiger partial charge in [-0.15, -0.1) is 0 Å². The van der Waals surface area contributed by atoms with Gasteiger partial charge in [-0.25, -0.2) is 4.39 Å². The van der Waals surface area contributed by atoms with Crippen LogP contribution in [0.3, 0.4) is 0 Å². The van der Waals surface area contributed by atoms with Crippen molar-refractivity contribution in [1.29, 1.82) is 0 Å². The molecule has 0 amide bonds. The van der Waals surface area contributed by atoms with Crippen molar-refractivity contribution in [3.05, 3.63) is 0 Å². The molecule has 0 N–H and O–H groups in total. The summed E-state index contributed by atoms with van der Waals surface area (Å²) in [6.07, 6.45) is -14.6. The summed E-state index contributed by atoms with van der Waals surface area (Å²) >= 11 is 0. The Labute approximate surface area is 77.0 Å². The highest BCUT2D eigenvalue weighted by Crippen LogP contribution is 2.30. The van der Waals surface area contributed by atoms with Crippen LogP contribution < -0.4 is 0 Å². The third kappa shape index (κ3) is 5.31. The van der Waals surface area contributed by atoms with Gasteiger partial charge in [-0.05, 0) is 13.3 Å². The average molecular weight is 224 g/mol. The fourth-order valence-corrected chi connectivity index (χ4v) is 0.741. The lowest BCUT2D eigenvalue weighted by molar-refractivity contribution is -0.275. The molecule has 0 aliphatic heterocycles. The highest BCUT2D eigenvalue weighted by atomic mass is 19.4. The lowest BCUT2D eigenvalue weighted by Crippen LogP contribution is -2.34. The van der Waals surface area contributed by atoms with Crippen LogP contribution in [0, 0.1) is 0 Å². The molecule has 14 heavy (non-hydrogen) atoms. The summed E-state index contributed by atoms with van der Waals surface area (Å²) in [5.74, 6) is 0. The van der Waals surface area contributed by atoms with E-state index in [1.54, 1.807) is 0 Å². The van der Waals surface area contributed by atoms with E-state index in [-0.39, 0.29) is 0 Å². The maximum atomic E-state index is 12.5. The number of rotatable bonds is 5. The van der Waals surface area contributed by atoms with E-state index in [1.165, 1.54) is 6.92 Å². The zero-order valence-corrected chi connectivity index (χ0v) is 7.37. The van der Waals surface area contributed by atoms with Crippen LogP contribution in [0.1, 0.15) is 19.8 Å². The summed E-state index contributed by atoms with van der Waals surface area (Å²) in [7, 11) is 0. The third-order valence-corrected chi connectivity index (χ3v) is 1.38. The van der Waals surface area contributed by atoms with Gasteiger partial charge in [0.25, 0.3) is 0 Å². The summed E-state index contributed by atoms with van der Waals surface area (Å²) in [5.41, 5.74) is 0. The molecule has 0 radical (unpaired) electrons. The van der Waals surface area contributed by atoms with Gasteiger partial charge in [0.15, 0.2) is 6.17 Å². The van der Waals surface area contributed by atoms with Crippen molar-refractivity contribution in [1.82, 2.24) is 0 Å². The van der Waals surface area contributed by atoms with Gasteiger partial charge >= 0.3 is 12.3 Å². The van der Waals surface area contributed by atoms with E-state index in [1.807, 2.05) is 0 Å². The first kappa shape index (κ1) is 13.5. The molecule has 0 bridgehead atoms. The number of halogens is 6. The standard InChI is InChI=1S/C7H10F6O/c1-2-14-7(12,13)5(8)3-4-6(9,10)11/h5H,2-4H2,1H3. The second-order valence-corrected chi connectivity index (χ2v) is 2.62. The lowest BCUT2D eigenvalue weighted by Gasteiger charge is -2.20. The zero-order valence-electron chi connectivity index (χ0n) is 7.37. The molecule has 0 heterocycles. The Hall–Kier alpha value is -0.460. The second-order valence-electron chi connectivity index (χ2n) is 2.62. The van der Waals surface area contributed by atoms with Gasteiger partial charge in [0.05, 0.1) is 6.61 Å². The van der Waals surface area contributed by atoms with Crippen molar-refractivity contribution in [3.8, 4) is 0 Å². The van der Waals surface area contributed by atoms with Crippen molar-refractivity contribution in [2.75, 3.05) is 6.61 Å². The second kappa shape index (κ2) is 4.86. The fraction of sp³-hybridized carbons (Fsp3) is 1.00. The molecule has 0 saturated carbocycles. The summed E-state index contributed by atoms with van der Waals surface area (Å²) in [5, 5.41) is 0. The maximum absolute atomic E-state index is 12.5. The molecule has 86 valence electrons. The Morgan fingerprint density at radius 3 is 2.00 bits per heavy atom. The molecule has 0 saturated heterocycles. The summed E-state index contributed by atoms with van der Waals surface area (Å²) in [6.45, 7) is 0.740. The molecule has 0 aliphatic carbocycles. The maximum Gasteiger partial charge on any atom is 0.389 e. The SMILES string of the molecule is CCOC(F)(F)C(F)CCC(F)(F)F. The Morgan fingerprint density at radius 1 is 1.14 bits per heavy atom. The van der Waals surface area contributed by atoms with E-state index in [0.29, 0.717) is 0 Å². The van der Waals surface area contributed by atoms with Gasteiger partial charge in [-0.2, -0.15) is 22.0 Å². The van der Waals surface area contributed by atoms with Crippen molar-refractivity contribution < 1.29 is 31.1 Å². The first-order valence-corrected chi connectivity index (χ1v) is 3.91. The number of hydrogen-bond donors (Lipinski definition) is 0. The van der Waals surface area contributed by atoms with E-state index in [9.17, 15) is 26.3 Å². The topological polar surface area (TPSA) is 9.23 Å². The molecule has 0 aromatic carbocycles. The molecule has 1 unspecified atom stereocenters. The molecular formula is C7H10F6O. The largest absolute Gasteiger partial charge is 0.389 e. The Kier molecular flexibility index (Phi) is 4.70. The van der Waals surface area contributed by atoms with Gasteiger partial charge in [-0.3, -0.25) is 0 Å². The third-order valence-electron chi connectivity index (χ3n) is 1.38. The van der Waals surface area contributed by atoms with Crippen LogP contribution in [0.5, 0.6) is 0 Å². The van der Waals surface area contributed by atoms with Crippen LogP contribution in [0.2, 0.25) is 0 Å². The van der Waals surface area contributed by atoms with Crippen LogP contribution in [0.25, 0.3) is 0 Å². The van der Waals surface area contributed by atoms with Crippen LogP contribution in [-0.4, -0.2) is 25.1 Å². The molecule has 0 rings (SSSR count). The van der Waals surface area contributed by atoms with E-state index < -0.39 is 37.9 Å². The molecule has 1 atom stereocenters. The number of alkyl halides is 6. The molecule has 0 spiro atoms. The van der Waals surface area contributed by atoms with E-state index in [2.05, 4.69) is 4.74 Å². The molecule has 0 aliphatic rings. The minimum Gasteiger partial charge on any atom is -0.318 e. The number of ether oxygens (including phenoxy) is 1. The Balaban J connectivity index is 4.00. The lowest BCUT2D eigenvalue weighted by atomic mass is 10.2. The zero-order chi connectivity index (χ0) is 11.4. The molecule has 0 aromatic heterocycles. The predicted octanol–water partition coefficient (Wildman–Crippen LogP) is 3.30. The molecule has 7 heteroatoms. The fourth-order valence-electron chi connectivity index (χ4n) is 0.741. The molecule has 0 aromatic rings. The van der Waals surface area contributed by atoms with Crippen molar-refractivity contribution >= 4 is 0 Å². The summed E-state index contributed by atoms with van der Waals surface area (Å²) in [6, 6.07) is 0. The van der Waals surface area contributed by atoms with Crippen molar-refractivity contribution in [2.24, 2.45) is 0 Å². The van der Waals surface area contributed by atoms with Gasteiger partial charge < -0.3 is 4.74 Å². The normalized spacial score (nSPS) is 15.6. The van der Waals surface area contributed by atoms with Crippen LogP contribution in [0.15, 0.2) is 0 Å². The predicted molar refractivity (Wildman–Crippen MR) is 36.8 cm³/mol. The van der Waals surface area contributed by atoms with Crippen LogP contribution in [-0.2, 0) is 4.74 Å². The van der Waals surface area contributed by atoms with Gasteiger partial charge in [-0.1, -0.05) is 0 Å². The monoisotopic (exact) mass is 224 g/mol. The smallest absolute Gasteiger partial charge is 0.318 e. The van der Waals surface area contributed by atoms with Gasteiger partial charge in [0.1, 0.15) is 0 Å². The van der Waals surface area contributed by atoms with E-state index >= 15 is 0 Å². The van der Waals surface area contributed by atoms with Crippen LogP contribution in [0.4, 0.5) is 26.3 Å². The minimum absolute atomic E-state index is 0.459. The summed E-state index contributed by atoms with van der Waals surface area (Å²) < 4.78 is 75.7. The molecule has 0 fully saturated rings. The Bertz CT molecular complexity index is 166. The van der Waals surface area contributed by atoms with Gasteiger partial charge in [0, 0.05) is 6.42 Å². The quantitative estimate of drug-likeness (QED) is 0.651. The first-order valence-electron chi connectivity index (χ1n) is 3.91. The van der Waals surface area contributed by atoms with E-state index in [4.69, 9.17) is 0 Å². The number of hydrogen-bond acceptors (Lipinski definition) is 1. The van der Waals surface area contributed by atoms with Crippen LogP contribution >= 0.6 is 0 Å². The van der Waals surface area contributed by atoms with Gasteiger partial charge in [0.2, 0.25) is 0 Å². The van der Waals surface area contributed by atoms with Crippen molar-refractivity contribution in [2.45, 2.75) is 38.2 Å². The minimum atomic E-state index is -4.63. The Morgan fingerprint density at radius 2 is 1.64 bits per heavy atom. The molecular weight excluding hydrogens is 214 g/mol. The molecule has 1 nitrogen and oxygen atoms in total.